The quantitative estimate of drug-likeness (QED) is 0.266. The summed E-state index contributed by atoms with van der Waals surface area (Å²) in [6.07, 6.45) is -0.757. The van der Waals surface area contributed by atoms with Crippen molar-refractivity contribution in [2.75, 3.05) is 12.3 Å². The molecule has 2 atom stereocenters. The zero-order chi connectivity index (χ0) is 23.1. The van der Waals surface area contributed by atoms with Crippen molar-refractivity contribution in [3.05, 3.63) is 23.8 Å². The van der Waals surface area contributed by atoms with Gasteiger partial charge in [0.05, 0.1) is 5.69 Å². The first-order valence-corrected chi connectivity index (χ1v) is 11.0. The lowest BCUT2D eigenvalue weighted by atomic mass is 9.87. The number of carbonyl (C=O) groups excluding carboxylic acids is 1. The lowest BCUT2D eigenvalue weighted by Gasteiger charge is -2.38. The van der Waals surface area contributed by atoms with Crippen LogP contribution in [-0.4, -0.2) is 60.2 Å². The van der Waals surface area contributed by atoms with E-state index in [-0.39, 0.29) is 12.1 Å². The second-order valence-electron chi connectivity index (χ2n) is 6.21. The summed E-state index contributed by atoms with van der Waals surface area (Å²) in [6, 6.07) is 2.77. The van der Waals surface area contributed by atoms with Crippen molar-refractivity contribution < 1.29 is 35.8 Å². The Morgan fingerprint density at radius 2 is 1.80 bits per heavy atom. The van der Waals surface area contributed by atoms with Gasteiger partial charge in [-0.05, 0) is 31.6 Å². The van der Waals surface area contributed by atoms with Gasteiger partial charge in [-0.15, -0.1) is 0 Å². The second-order valence-corrected chi connectivity index (χ2v) is 8.99. The average Bonchev–Trinajstić information content (AvgIpc) is 2.61. The van der Waals surface area contributed by atoms with E-state index >= 15 is 0 Å². The van der Waals surface area contributed by atoms with Gasteiger partial charge in [-0.25, -0.2) is 0 Å². The molecule has 0 aromatic heterocycles. The Morgan fingerprint density at radius 3 is 2.27 bits per heavy atom. The van der Waals surface area contributed by atoms with Gasteiger partial charge in [0, 0.05) is 12.6 Å². The number of hydrogen-bond acceptors (Lipinski definition) is 10. The van der Waals surface area contributed by atoms with Gasteiger partial charge in [0.25, 0.3) is 20.2 Å². The predicted molar refractivity (Wildman–Crippen MR) is 100 cm³/mol. The van der Waals surface area contributed by atoms with Gasteiger partial charge >= 0.3 is 0 Å². The summed E-state index contributed by atoms with van der Waals surface area (Å²) in [4.78, 5) is 11.0. The van der Waals surface area contributed by atoms with Gasteiger partial charge in [0.1, 0.15) is 21.5 Å². The summed E-state index contributed by atoms with van der Waals surface area (Å²) in [5.74, 6) is -0.594. The summed E-state index contributed by atoms with van der Waals surface area (Å²) in [6.45, 7) is 2.85. The first-order chi connectivity index (χ1) is 13.7. The van der Waals surface area contributed by atoms with E-state index in [0.717, 1.165) is 11.0 Å². The Bertz CT molecular complexity index is 1220. The molecule has 0 saturated carbocycles. The first-order valence-electron chi connectivity index (χ1n) is 8.09. The van der Waals surface area contributed by atoms with Crippen LogP contribution in [0.1, 0.15) is 13.8 Å². The normalized spacial score (nSPS) is 22.8. The van der Waals surface area contributed by atoms with E-state index in [4.69, 9.17) is 5.73 Å². The van der Waals surface area contributed by atoms with Crippen molar-refractivity contribution in [3.8, 4) is 6.07 Å². The number of amides is 1. The summed E-state index contributed by atoms with van der Waals surface area (Å²) >= 11 is 0. The Kier molecular flexibility index (Phi) is 6.03. The zero-order valence-corrected chi connectivity index (χ0v) is 17.2. The number of benzene rings is 1. The highest BCUT2D eigenvalue weighted by Gasteiger charge is 2.48. The number of anilines is 1. The van der Waals surface area contributed by atoms with Gasteiger partial charge in [-0.1, -0.05) is 0 Å². The average molecular weight is 459 g/mol. The molecule has 1 aromatic carbocycles. The molecule has 1 aromatic rings. The molecule has 0 spiro atoms. The largest absolute Gasteiger partial charge is 0.398 e. The number of aliphatic hydroxyl groups excluding tert-OH is 1. The number of azo groups is 1. The highest BCUT2D eigenvalue weighted by atomic mass is 32.2. The molecule has 15 heteroatoms. The van der Waals surface area contributed by atoms with Crippen LogP contribution in [0.2, 0.25) is 0 Å². The molecule has 30 heavy (non-hydrogen) atoms. The molecule has 1 aliphatic heterocycles. The number of nitrogens with two attached hydrogens (primary N) is 1. The Labute approximate surface area is 171 Å². The number of aliphatic hydroxyl groups is 1. The summed E-state index contributed by atoms with van der Waals surface area (Å²) in [5.41, 5.74) is 1.77. The standard InChI is InChI=1S/C15H17N5O8S2/c1-3-20-13(21)4-8(2)15(7-16,14(20)22)19-18-10-6-11(29(23,24)25)9(17)5-12(10)30(26,27)28/h4-6,14,22H,3,17H2,1-2H3,(H,23,24,25)(H,26,27,28). The molecule has 162 valence electrons. The zero-order valence-electron chi connectivity index (χ0n) is 15.6. The van der Waals surface area contributed by atoms with E-state index in [1.807, 2.05) is 0 Å². The lowest BCUT2D eigenvalue weighted by Crippen LogP contribution is -2.56. The van der Waals surface area contributed by atoms with E-state index < -0.39 is 59.1 Å². The molecule has 0 saturated heterocycles. The van der Waals surface area contributed by atoms with Crippen LogP contribution in [0.25, 0.3) is 0 Å². The third-order valence-corrected chi connectivity index (χ3v) is 6.16. The number of carbonyl (C=O) groups is 1. The minimum absolute atomic E-state index is 0.00771. The summed E-state index contributed by atoms with van der Waals surface area (Å²) < 4.78 is 64.8. The van der Waals surface area contributed by atoms with Crippen LogP contribution in [0, 0.1) is 11.3 Å². The monoisotopic (exact) mass is 459 g/mol. The van der Waals surface area contributed by atoms with Crippen molar-refractivity contribution in [1.82, 2.24) is 4.90 Å². The van der Waals surface area contributed by atoms with Crippen LogP contribution in [0.3, 0.4) is 0 Å². The number of likely N-dealkylation sites (N-methyl/N-ethyl adjacent to an activating group) is 1. The van der Waals surface area contributed by atoms with Gasteiger partial charge in [0.15, 0.2) is 6.23 Å². The summed E-state index contributed by atoms with van der Waals surface area (Å²) in [5, 5.41) is 27.4. The highest BCUT2D eigenvalue weighted by Crippen LogP contribution is 2.36. The number of rotatable bonds is 5. The summed E-state index contributed by atoms with van der Waals surface area (Å²) in [7, 11) is -9.89. The molecular weight excluding hydrogens is 442 g/mol. The maximum absolute atomic E-state index is 12.0. The molecule has 0 fully saturated rings. The fraction of sp³-hybridized carbons (Fsp3) is 0.333. The predicted octanol–water partition coefficient (Wildman–Crippen LogP) is 0.235. The van der Waals surface area contributed by atoms with Crippen molar-refractivity contribution in [2.45, 2.75) is 35.4 Å². The lowest BCUT2D eigenvalue weighted by molar-refractivity contribution is -0.140. The highest BCUT2D eigenvalue weighted by molar-refractivity contribution is 7.86. The fourth-order valence-corrected chi connectivity index (χ4v) is 4.02. The van der Waals surface area contributed by atoms with Gasteiger partial charge in [-0.2, -0.15) is 32.3 Å². The topological polar surface area (TPSA) is 224 Å². The molecule has 2 rings (SSSR count). The van der Waals surface area contributed by atoms with E-state index in [1.165, 1.54) is 13.8 Å². The van der Waals surface area contributed by atoms with E-state index in [1.54, 1.807) is 6.07 Å². The van der Waals surface area contributed by atoms with Crippen LogP contribution < -0.4 is 5.73 Å². The van der Waals surface area contributed by atoms with E-state index in [9.17, 15) is 41.1 Å². The SMILES string of the molecule is CCN1C(=O)C=C(C)C(C#N)(N=Nc2cc(S(=O)(=O)O)c(N)cc2S(=O)(=O)O)C1O. The van der Waals surface area contributed by atoms with Gasteiger partial charge in [0.2, 0.25) is 11.4 Å². The molecule has 0 radical (unpaired) electrons. The molecule has 13 nitrogen and oxygen atoms in total. The molecule has 0 bridgehead atoms. The third kappa shape index (κ3) is 4.04. The molecule has 1 amide bonds. The third-order valence-electron chi connectivity index (χ3n) is 4.37. The first kappa shape index (κ1) is 23.4. The minimum Gasteiger partial charge on any atom is -0.398 e. The molecule has 5 N–H and O–H groups in total. The Balaban J connectivity index is 2.78. The molecule has 1 aliphatic rings. The molecule has 1 heterocycles. The number of nitrogen functional groups attached to an aromatic ring is 1. The van der Waals surface area contributed by atoms with Crippen LogP contribution in [-0.2, 0) is 25.0 Å². The number of nitriles is 1. The fourth-order valence-electron chi connectivity index (χ4n) is 2.76. The van der Waals surface area contributed by atoms with Crippen molar-refractivity contribution in [2.24, 2.45) is 10.2 Å². The van der Waals surface area contributed by atoms with Crippen molar-refractivity contribution in [3.63, 3.8) is 0 Å². The Hall–Kier alpha value is -2.90. The molecule has 2 unspecified atom stereocenters. The minimum atomic E-state index is -4.98. The van der Waals surface area contributed by atoms with Crippen LogP contribution in [0.4, 0.5) is 11.4 Å². The Morgan fingerprint density at radius 1 is 1.23 bits per heavy atom. The van der Waals surface area contributed by atoms with Gasteiger partial charge < -0.3 is 15.7 Å². The van der Waals surface area contributed by atoms with Crippen LogP contribution in [0.15, 0.2) is 43.8 Å². The van der Waals surface area contributed by atoms with Crippen molar-refractivity contribution >= 4 is 37.5 Å². The number of nitrogens with zero attached hydrogens (tertiary/aromatic N) is 4. The molecular formula is C15H17N5O8S2. The maximum atomic E-state index is 12.0. The smallest absolute Gasteiger partial charge is 0.296 e. The van der Waals surface area contributed by atoms with E-state index in [2.05, 4.69) is 10.2 Å². The molecule has 0 aliphatic carbocycles. The number of hydrogen-bond donors (Lipinski definition) is 4. The maximum Gasteiger partial charge on any atom is 0.296 e. The van der Waals surface area contributed by atoms with E-state index in [0.29, 0.717) is 12.1 Å². The van der Waals surface area contributed by atoms with Crippen LogP contribution >= 0.6 is 0 Å². The second kappa shape index (κ2) is 7.74. The van der Waals surface area contributed by atoms with Crippen molar-refractivity contribution in [1.29, 1.82) is 5.26 Å². The van der Waals surface area contributed by atoms with Gasteiger partial charge in [-0.3, -0.25) is 13.9 Å². The van der Waals surface area contributed by atoms with Crippen LogP contribution in [0.5, 0.6) is 0 Å².